The monoisotopic (exact) mass is 185 g/mol. The van der Waals surface area contributed by atoms with Crippen LogP contribution in [0, 0.1) is 0 Å². The summed E-state index contributed by atoms with van der Waals surface area (Å²) in [4.78, 5) is 10.5. The van der Waals surface area contributed by atoms with Crippen LogP contribution in [0.25, 0.3) is 0 Å². The Balaban J connectivity index is 4.33. The maximum Gasteiger partial charge on any atom is 0.406 e. The third kappa shape index (κ3) is 2.69. The summed E-state index contributed by atoms with van der Waals surface area (Å²) >= 11 is 0. The highest BCUT2D eigenvalue weighted by molar-refractivity contribution is 5.70. The van der Waals surface area contributed by atoms with E-state index in [2.05, 4.69) is 4.74 Å². The first-order valence-electron chi connectivity index (χ1n) is 3.13. The zero-order chi connectivity index (χ0) is 9.99. The van der Waals surface area contributed by atoms with Gasteiger partial charge in [0.05, 0.1) is 13.5 Å². The molecule has 0 saturated carbocycles. The number of ether oxygens (including phenoxy) is 1. The molecule has 1 atom stereocenters. The SMILES string of the molecule is COC(=O)C[C@@](C)(N)C(F)(F)F. The standard InChI is InChI=1S/C6H10F3NO2/c1-5(10,6(7,8)9)3-4(11)12-2/h3,10H2,1-2H3/t5-/m1/s1. The van der Waals surface area contributed by atoms with Crippen LogP contribution in [-0.2, 0) is 9.53 Å². The number of esters is 1. The van der Waals surface area contributed by atoms with Crippen molar-refractivity contribution in [2.24, 2.45) is 5.73 Å². The highest BCUT2D eigenvalue weighted by Crippen LogP contribution is 2.30. The summed E-state index contributed by atoms with van der Waals surface area (Å²) < 4.78 is 40.1. The van der Waals surface area contributed by atoms with E-state index in [4.69, 9.17) is 5.73 Å². The normalized spacial score (nSPS) is 16.8. The molecule has 0 saturated heterocycles. The van der Waals surface area contributed by atoms with E-state index in [0.29, 0.717) is 0 Å². The Hall–Kier alpha value is -0.780. The topological polar surface area (TPSA) is 52.3 Å². The number of carbonyl (C=O) groups excluding carboxylic acids is 1. The van der Waals surface area contributed by atoms with Crippen molar-refractivity contribution in [1.82, 2.24) is 0 Å². The van der Waals surface area contributed by atoms with Crippen molar-refractivity contribution in [3.63, 3.8) is 0 Å². The van der Waals surface area contributed by atoms with E-state index >= 15 is 0 Å². The molecule has 0 aromatic heterocycles. The van der Waals surface area contributed by atoms with Crippen molar-refractivity contribution >= 4 is 5.97 Å². The molecule has 6 heteroatoms. The van der Waals surface area contributed by atoms with Crippen LogP contribution in [0.2, 0.25) is 0 Å². The molecule has 0 spiro atoms. The molecule has 0 bridgehead atoms. The fourth-order valence-electron chi connectivity index (χ4n) is 0.472. The van der Waals surface area contributed by atoms with E-state index in [1.165, 1.54) is 0 Å². The Morgan fingerprint density at radius 2 is 1.92 bits per heavy atom. The summed E-state index contributed by atoms with van der Waals surface area (Å²) in [5.74, 6) is -0.975. The average molecular weight is 185 g/mol. The van der Waals surface area contributed by atoms with Gasteiger partial charge in [0.2, 0.25) is 0 Å². The largest absolute Gasteiger partial charge is 0.469 e. The van der Waals surface area contributed by atoms with Gasteiger partial charge in [0.15, 0.2) is 0 Å². The number of hydrogen-bond acceptors (Lipinski definition) is 3. The lowest BCUT2D eigenvalue weighted by Gasteiger charge is -2.25. The van der Waals surface area contributed by atoms with Gasteiger partial charge in [-0.25, -0.2) is 0 Å². The Bertz CT molecular complexity index is 176. The summed E-state index contributed by atoms with van der Waals surface area (Å²) in [7, 11) is 1.01. The fraction of sp³-hybridized carbons (Fsp3) is 0.833. The molecule has 0 aromatic carbocycles. The van der Waals surface area contributed by atoms with Gasteiger partial charge in [-0.1, -0.05) is 0 Å². The molecule has 0 amide bonds. The Morgan fingerprint density at radius 1 is 1.50 bits per heavy atom. The van der Waals surface area contributed by atoms with Gasteiger partial charge in [0, 0.05) is 0 Å². The Morgan fingerprint density at radius 3 is 2.17 bits per heavy atom. The average Bonchev–Trinajstić information content (AvgIpc) is 1.84. The van der Waals surface area contributed by atoms with Crippen LogP contribution in [0.15, 0.2) is 0 Å². The predicted octanol–water partition coefficient (Wildman–Crippen LogP) is 0.829. The molecule has 12 heavy (non-hydrogen) atoms. The lowest BCUT2D eigenvalue weighted by Crippen LogP contribution is -2.52. The second-order valence-electron chi connectivity index (χ2n) is 2.67. The summed E-state index contributed by atoms with van der Waals surface area (Å²) in [6.07, 6.45) is -5.46. The van der Waals surface area contributed by atoms with Crippen molar-refractivity contribution in [1.29, 1.82) is 0 Å². The zero-order valence-electron chi connectivity index (χ0n) is 6.73. The van der Waals surface area contributed by atoms with Crippen LogP contribution in [0.3, 0.4) is 0 Å². The predicted molar refractivity (Wildman–Crippen MR) is 35.3 cm³/mol. The molecule has 3 nitrogen and oxygen atoms in total. The number of halogens is 3. The van der Waals surface area contributed by atoms with Gasteiger partial charge in [0.1, 0.15) is 5.54 Å². The number of nitrogens with two attached hydrogens (primary N) is 1. The highest BCUT2D eigenvalue weighted by atomic mass is 19.4. The minimum absolute atomic E-state index is 0.740. The number of carbonyl (C=O) groups is 1. The molecule has 2 N–H and O–H groups in total. The first-order valence-corrected chi connectivity index (χ1v) is 3.13. The quantitative estimate of drug-likeness (QED) is 0.648. The molecule has 0 aliphatic heterocycles. The van der Waals surface area contributed by atoms with Gasteiger partial charge in [-0.05, 0) is 6.92 Å². The molecule has 0 fully saturated rings. The molecule has 0 aliphatic carbocycles. The third-order valence-corrected chi connectivity index (χ3v) is 1.39. The molecule has 0 rings (SSSR count). The van der Waals surface area contributed by atoms with Gasteiger partial charge < -0.3 is 10.5 Å². The van der Waals surface area contributed by atoms with E-state index in [1.54, 1.807) is 0 Å². The van der Waals surface area contributed by atoms with Crippen molar-refractivity contribution in [2.75, 3.05) is 7.11 Å². The van der Waals surface area contributed by atoms with Gasteiger partial charge >= 0.3 is 12.1 Å². The minimum Gasteiger partial charge on any atom is -0.469 e. The summed E-state index contributed by atoms with van der Waals surface area (Å²) in [5.41, 5.74) is 2.33. The summed E-state index contributed by atoms with van der Waals surface area (Å²) in [6.45, 7) is 0.740. The van der Waals surface area contributed by atoms with E-state index < -0.39 is 24.1 Å². The first kappa shape index (κ1) is 11.2. The van der Waals surface area contributed by atoms with E-state index in [9.17, 15) is 18.0 Å². The van der Waals surface area contributed by atoms with Crippen LogP contribution in [-0.4, -0.2) is 24.8 Å². The molecular weight excluding hydrogens is 175 g/mol. The van der Waals surface area contributed by atoms with Crippen molar-refractivity contribution in [3.8, 4) is 0 Å². The lowest BCUT2D eigenvalue weighted by atomic mass is 9.99. The molecule has 0 unspecified atom stereocenters. The molecular formula is C6H10F3NO2. The minimum atomic E-state index is -4.60. The van der Waals surface area contributed by atoms with Crippen LogP contribution in [0.5, 0.6) is 0 Å². The number of alkyl halides is 3. The maximum absolute atomic E-state index is 12.0. The maximum atomic E-state index is 12.0. The number of hydrogen-bond donors (Lipinski definition) is 1. The highest BCUT2D eigenvalue weighted by Gasteiger charge is 2.49. The lowest BCUT2D eigenvalue weighted by molar-refractivity contribution is -0.188. The van der Waals surface area contributed by atoms with E-state index in [0.717, 1.165) is 14.0 Å². The second-order valence-corrected chi connectivity index (χ2v) is 2.67. The first-order chi connectivity index (χ1) is 5.20. The second kappa shape index (κ2) is 3.30. The fourth-order valence-corrected chi connectivity index (χ4v) is 0.472. The Labute approximate surface area is 67.7 Å². The Kier molecular flexibility index (Phi) is 3.09. The van der Waals surface area contributed by atoms with E-state index in [-0.39, 0.29) is 0 Å². The van der Waals surface area contributed by atoms with Crippen LogP contribution < -0.4 is 5.73 Å². The van der Waals surface area contributed by atoms with Crippen molar-refractivity contribution in [3.05, 3.63) is 0 Å². The van der Waals surface area contributed by atoms with Crippen LogP contribution in [0.4, 0.5) is 13.2 Å². The molecule has 0 aromatic rings. The van der Waals surface area contributed by atoms with Crippen LogP contribution in [0.1, 0.15) is 13.3 Å². The smallest absolute Gasteiger partial charge is 0.406 e. The van der Waals surface area contributed by atoms with Crippen LogP contribution >= 0.6 is 0 Å². The van der Waals surface area contributed by atoms with Gasteiger partial charge in [-0.15, -0.1) is 0 Å². The van der Waals surface area contributed by atoms with Crippen molar-refractivity contribution < 1.29 is 22.7 Å². The van der Waals surface area contributed by atoms with E-state index in [1.807, 2.05) is 0 Å². The van der Waals surface area contributed by atoms with Gasteiger partial charge in [-0.3, -0.25) is 4.79 Å². The third-order valence-electron chi connectivity index (χ3n) is 1.39. The molecule has 0 aliphatic rings. The number of methoxy groups -OCH3 is 1. The van der Waals surface area contributed by atoms with Gasteiger partial charge in [0.25, 0.3) is 0 Å². The van der Waals surface area contributed by atoms with Crippen molar-refractivity contribution in [2.45, 2.75) is 25.1 Å². The molecule has 0 radical (unpaired) electrons. The molecule has 0 heterocycles. The molecule has 72 valence electrons. The summed E-state index contributed by atoms with van der Waals surface area (Å²) in [5, 5.41) is 0. The summed E-state index contributed by atoms with van der Waals surface area (Å²) in [6, 6.07) is 0. The van der Waals surface area contributed by atoms with Gasteiger partial charge in [-0.2, -0.15) is 13.2 Å². The number of rotatable bonds is 2. The zero-order valence-corrected chi connectivity index (χ0v) is 6.73.